The molecular weight excluding hydrogens is 309 g/mol. The first kappa shape index (κ1) is 14.9. The minimum atomic E-state index is -0.299. The van der Waals surface area contributed by atoms with E-state index in [1.54, 1.807) is 18.3 Å². The first-order valence-electron chi connectivity index (χ1n) is 6.90. The summed E-state index contributed by atoms with van der Waals surface area (Å²) in [6.45, 7) is 0. The maximum Gasteiger partial charge on any atom is 0.136 e. The van der Waals surface area contributed by atoms with Crippen molar-refractivity contribution in [1.82, 2.24) is 4.98 Å². The lowest BCUT2D eigenvalue weighted by molar-refractivity contribution is 0.628. The molecule has 1 aromatic heterocycles. The Bertz CT molecular complexity index is 861. The van der Waals surface area contributed by atoms with Crippen molar-refractivity contribution in [3.8, 4) is 17.3 Å². The Hall–Kier alpha value is -2.97. The monoisotopic (exact) mass is 321 g/mol. The van der Waals surface area contributed by atoms with E-state index in [4.69, 9.17) is 0 Å². The van der Waals surface area contributed by atoms with Crippen molar-refractivity contribution in [2.75, 3.05) is 5.32 Å². The van der Waals surface area contributed by atoms with Crippen molar-refractivity contribution in [3.05, 3.63) is 77.0 Å². The molecule has 0 aliphatic carbocycles. The molecule has 2 aromatic carbocycles. The fourth-order valence-corrected chi connectivity index (χ4v) is 2.78. The number of rotatable bonds is 4. The second-order valence-corrected chi connectivity index (χ2v) is 5.58. The zero-order valence-electron chi connectivity index (χ0n) is 12.0. The zero-order valence-corrected chi connectivity index (χ0v) is 12.8. The maximum absolute atomic E-state index is 12.9. The van der Waals surface area contributed by atoms with Crippen molar-refractivity contribution in [2.45, 2.75) is 0 Å². The molecule has 0 unspecified atom stereocenters. The van der Waals surface area contributed by atoms with Gasteiger partial charge >= 0.3 is 0 Å². The summed E-state index contributed by atoms with van der Waals surface area (Å²) in [7, 11) is 0. The van der Waals surface area contributed by atoms with Gasteiger partial charge in [-0.05, 0) is 24.3 Å². The van der Waals surface area contributed by atoms with Gasteiger partial charge in [-0.3, -0.25) is 0 Å². The molecule has 0 amide bonds. The number of hydrogen-bond acceptors (Lipinski definition) is 4. The standard InChI is InChI=1S/C18H12FN3S/c19-15-6-8-16(9-7-15)21-11-14(10-20)18-22-17(12-23-18)13-4-2-1-3-5-13/h1-9,11-12,21H/b14-11+. The Balaban J connectivity index is 1.81. The van der Waals surface area contributed by atoms with E-state index in [9.17, 15) is 9.65 Å². The van der Waals surface area contributed by atoms with Crippen LogP contribution in [0.1, 0.15) is 5.01 Å². The molecule has 0 bridgehead atoms. The van der Waals surface area contributed by atoms with Crippen molar-refractivity contribution >= 4 is 22.6 Å². The molecule has 0 spiro atoms. The summed E-state index contributed by atoms with van der Waals surface area (Å²) < 4.78 is 12.9. The number of hydrogen-bond donors (Lipinski definition) is 1. The predicted octanol–water partition coefficient (Wildman–Crippen LogP) is 4.93. The smallest absolute Gasteiger partial charge is 0.136 e. The summed E-state index contributed by atoms with van der Waals surface area (Å²) in [4.78, 5) is 4.51. The van der Waals surface area contributed by atoms with E-state index in [0.717, 1.165) is 11.3 Å². The summed E-state index contributed by atoms with van der Waals surface area (Å²) >= 11 is 1.41. The molecule has 0 aliphatic heterocycles. The van der Waals surface area contributed by atoms with E-state index in [1.165, 1.54) is 23.5 Å². The first-order valence-corrected chi connectivity index (χ1v) is 7.78. The highest BCUT2D eigenvalue weighted by atomic mass is 32.1. The van der Waals surface area contributed by atoms with Crippen LogP contribution in [0, 0.1) is 17.1 Å². The van der Waals surface area contributed by atoms with Crippen LogP contribution in [-0.4, -0.2) is 4.98 Å². The van der Waals surface area contributed by atoms with Crippen LogP contribution in [0.25, 0.3) is 16.8 Å². The Morgan fingerprint density at radius 3 is 2.57 bits per heavy atom. The molecule has 3 nitrogen and oxygen atoms in total. The third-order valence-corrected chi connectivity index (χ3v) is 4.03. The SMILES string of the molecule is N#C/C(=C\Nc1ccc(F)cc1)c1nc(-c2ccccc2)cs1. The van der Waals surface area contributed by atoms with Crippen molar-refractivity contribution in [3.63, 3.8) is 0 Å². The van der Waals surface area contributed by atoms with Crippen LogP contribution >= 0.6 is 11.3 Å². The molecular formula is C18H12FN3S. The summed E-state index contributed by atoms with van der Waals surface area (Å²) in [5.41, 5.74) is 2.99. The Morgan fingerprint density at radius 2 is 1.87 bits per heavy atom. The number of benzene rings is 2. The average molecular weight is 321 g/mol. The van der Waals surface area contributed by atoms with Crippen molar-refractivity contribution in [1.29, 1.82) is 5.26 Å². The van der Waals surface area contributed by atoms with Crippen LogP contribution in [0.15, 0.2) is 66.2 Å². The molecule has 0 saturated carbocycles. The highest BCUT2D eigenvalue weighted by Crippen LogP contribution is 2.25. The topological polar surface area (TPSA) is 48.7 Å². The normalized spacial score (nSPS) is 11.0. The second kappa shape index (κ2) is 6.86. The third-order valence-electron chi connectivity index (χ3n) is 3.15. The number of nitrogens with one attached hydrogen (secondary N) is 1. The Morgan fingerprint density at radius 1 is 1.13 bits per heavy atom. The Kier molecular flexibility index (Phi) is 4.46. The Labute approximate surface area is 137 Å². The molecule has 0 radical (unpaired) electrons. The molecule has 3 rings (SSSR count). The van der Waals surface area contributed by atoms with Crippen molar-refractivity contribution < 1.29 is 4.39 Å². The van der Waals surface area contributed by atoms with Crippen LogP contribution in [-0.2, 0) is 0 Å². The number of nitriles is 1. The van der Waals surface area contributed by atoms with Gasteiger partial charge in [0.25, 0.3) is 0 Å². The number of thiazole rings is 1. The molecule has 0 fully saturated rings. The molecule has 1 heterocycles. The third kappa shape index (κ3) is 3.62. The largest absolute Gasteiger partial charge is 0.360 e. The summed E-state index contributed by atoms with van der Waals surface area (Å²) in [6.07, 6.45) is 1.58. The summed E-state index contributed by atoms with van der Waals surface area (Å²) in [6, 6.07) is 17.9. The summed E-state index contributed by atoms with van der Waals surface area (Å²) in [5, 5.41) is 14.9. The quantitative estimate of drug-likeness (QED) is 0.693. The lowest BCUT2D eigenvalue weighted by atomic mass is 10.2. The number of halogens is 1. The van der Waals surface area contributed by atoms with E-state index in [2.05, 4.69) is 16.4 Å². The van der Waals surface area contributed by atoms with Gasteiger partial charge in [0.1, 0.15) is 22.5 Å². The predicted molar refractivity (Wildman–Crippen MR) is 91.2 cm³/mol. The lowest BCUT2D eigenvalue weighted by Gasteiger charge is -2.01. The molecule has 112 valence electrons. The molecule has 0 atom stereocenters. The van der Waals surface area contributed by atoms with E-state index in [1.807, 2.05) is 35.7 Å². The molecule has 0 saturated heterocycles. The highest BCUT2D eigenvalue weighted by Gasteiger charge is 2.08. The van der Waals surface area contributed by atoms with Crippen LogP contribution < -0.4 is 5.32 Å². The van der Waals surface area contributed by atoms with Crippen LogP contribution in [0.3, 0.4) is 0 Å². The van der Waals surface area contributed by atoms with Gasteiger partial charge in [0.15, 0.2) is 0 Å². The molecule has 23 heavy (non-hydrogen) atoms. The van der Waals surface area contributed by atoms with Gasteiger partial charge in [0, 0.05) is 22.8 Å². The number of anilines is 1. The molecule has 1 N–H and O–H groups in total. The van der Waals surface area contributed by atoms with E-state index < -0.39 is 0 Å². The zero-order chi connectivity index (χ0) is 16.1. The maximum atomic E-state index is 12.9. The minimum absolute atomic E-state index is 0.299. The minimum Gasteiger partial charge on any atom is -0.360 e. The summed E-state index contributed by atoms with van der Waals surface area (Å²) in [5.74, 6) is -0.299. The number of nitrogens with zero attached hydrogens (tertiary/aromatic N) is 2. The van der Waals surface area contributed by atoms with Gasteiger partial charge in [-0.25, -0.2) is 9.37 Å². The number of allylic oxidation sites excluding steroid dienone is 1. The highest BCUT2D eigenvalue weighted by molar-refractivity contribution is 7.11. The fraction of sp³-hybridized carbons (Fsp3) is 0. The molecule has 3 aromatic rings. The van der Waals surface area contributed by atoms with Gasteiger partial charge in [-0.2, -0.15) is 5.26 Å². The van der Waals surface area contributed by atoms with Crippen LogP contribution in [0.2, 0.25) is 0 Å². The van der Waals surface area contributed by atoms with E-state index in [-0.39, 0.29) is 5.82 Å². The van der Waals surface area contributed by atoms with Crippen LogP contribution in [0.5, 0.6) is 0 Å². The second-order valence-electron chi connectivity index (χ2n) is 4.72. The van der Waals surface area contributed by atoms with Gasteiger partial charge < -0.3 is 5.32 Å². The lowest BCUT2D eigenvalue weighted by Crippen LogP contribution is -1.91. The first-order chi connectivity index (χ1) is 11.3. The molecule has 5 heteroatoms. The molecule has 0 aliphatic rings. The van der Waals surface area contributed by atoms with Crippen molar-refractivity contribution in [2.24, 2.45) is 0 Å². The van der Waals surface area contributed by atoms with Gasteiger partial charge in [-0.15, -0.1) is 11.3 Å². The average Bonchev–Trinajstić information content (AvgIpc) is 3.08. The fourth-order valence-electron chi connectivity index (χ4n) is 1.98. The van der Waals surface area contributed by atoms with Gasteiger partial charge in [0.2, 0.25) is 0 Å². The van der Waals surface area contributed by atoms with Gasteiger partial charge in [0.05, 0.1) is 5.69 Å². The van der Waals surface area contributed by atoms with E-state index in [0.29, 0.717) is 16.3 Å². The van der Waals surface area contributed by atoms with E-state index >= 15 is 0 Å². The van der Waals surface area contributed by atoms with Crippen LogP contribution in [0.4, 0.5) is 10.1 Å². The van der Waals surface area contributed by atoms with Gasteiger partial charge in [-0.1, -0.05) is 30.3 Å². The number of aromatic nitrogens is 1.